The second-order valence-electron chi connectivity index (χ2n) is 5.90. The van der Waals surface area contributed by atoms with Crippen LogP contribution in [0, 0.1) is 12.3 Å². The Hall–Kier alpha value is -2.53. The third-order valence-corrected chi connectivity index (χ3v) is 4.21. The Balaban J connectivity index is 1.79. The van der Waals surface area contributed by atoms with Crippen LogP contribution in [-0.2, 0) is 13.1 Å². The normalized spacial score (nSPS) is 12.5. The molecule has 1 heterocycles. The molecule has 3 aromatic rings. The van der Waals surface area contributed by atoms with Crippen LogP contribution in [0.25, 0.3) is 11.0 Å². The van der Waals surface area contributed by atoms with Gasteiger partial charge in [0.1, 0.15) is 18.5 Å². The SMILES string of the molecule is CCn1c(=N)n(CC(O)COc2ccccc2C)c2ccccc21. The average Bonchev–Trinajstić information content (AvgIpc) is 2.86. The van der Waals surface area contributed by atoms with Crippen molar-refractivity contribution in [2.75, 3.05) is 6.61 Å². The zero-order valence-corrected chi connectivity index (χ0v) is 14.1. The van der Waals surface area contributed by atoms with Crippen molar-refractivity contribution in [1.82, 2.24) is 9.13 Å². The molecule has 24 heavy (non-hydrogen) atoms. The summed E-state index contributed by atoms with van der Waals surface area (Å²) in [6.45, 7) is 5.25. The van der Waals surface area contributed by atoms with E-state index in [1.807, 2.05) is 71.5 Å². The lowest BCUT2D eigenvalue weighted by Crippen LogP contribution is -2.31. The van der Waals surface area contributed by atoms with Crippen LogP contribution >= 0.6 is 0 Å². The third-order valence-electron chi connectivity index (χ3n) is 4.21. The van der Waals surface area contributed by atoms with E-state index >= 15 is 0 Å². The molecule has 0 saturated heterocycles. The summed E-state index contributed by atoms with van der Waals surface area (Å²) in [5.74, 6) is 0.781. The summed E-state index contributed by atoms with van der Waals surface area (Å²) < 4.78 is 9.50. The fourth-order valence-electron chi connectivity index (χ4n) is 2.97. The van der Waals surface area contributed by atoms with Gasteiger partial charge in [0.25, 0.3) is 0 Å². The molecule has 0 aliphatic carbocycles. The molecule has 126 valence electrons. The lowest BCUT2D eigenvalue weighted by molar-refractivity contribution is 0.0918. The highest BCUT2D eigenvalue weighted by atomic mass is 16.5. The fourth-order valence-corrected chi connectivity index (χ4v) is 2.97. The highest BCUT2D eigenvalue weighted by Crippen LogP contribution is 2.17. The number of nitrogens with zero attached hydrogens (tertiary/aromatic N) is 2. The molecule has 1 atom stereocenters. The van der Waals surface area contributed by atoms with Gasteiger partial charge in [-0.1, -0.05) is 30.3 Å². The molecule has 0 spiro atoms. The molecule has 0 radical (unpaired) electrons. The first-order valence-electron chi connectivity index (χ1n) is 8.21. The predicted octanol–water partition coefficient (Wildman–Crippen LogP) is 2.69. The average molecular weight is 325 g/mol. The van der Waals surface area contributed by atoms with Gasteiger partial charge in [-0.25, -0.2) is 0 Å². The molecule has 0 fully saturated rings. The number of rotatable bonds is 6. The van der Waals surface area contributed by atoms with Crippen molar-refractivity contribution < 1.29 is 9.84 Å². The summed E-state index contributed by atoms with van der Waals surface area (Å²) in [5, 5.41) is 18.8. The summed E-state index contributed by atoms with van der Waals surface area (Å²) in [6, 6.07) is 15.7. The van der Waals surface area contributed by atoms with E-state index in [2.05, 4.69) is 0 Å². The predicted molar refractivity (Wildman–Crippen MR) is 94.1 cm³/mol. The molecule has 0 aliphatic heterocycles. The van der Waals surface area contributed by atoms with Crippen molar-refractivity contribution in [1.29, 1.82) is 5.41 Å². The number of imidazole rings is 1. The molecule has 1 unspecified atom stereocenters. The lowest BCUT2D eigenvalue weighted by Gasteiger charge is -2.15. The van der Waals surface area contributed by atoms with Gasteiger partial charge in [-0.2, -0.15) is 0 Å². The molecule has 0 aliphatic rings. The Morgan fingerprint density at radius 1 is 1.04 bits per heavy atom. The van der Waals surface area contributed by atoms with Crippen LogP contribution < -0.4 is 10.4 Å². The standard InChI is InChI=1S/C19H23N3O2/c1-3-21-16-9-5-6-10-17(16)22(19(21)20)12-15(23)13-24-18-11-7-4-8-14(18)2/h4-11,15,20,23H,3,12-13H2,1-2H3. The smallest absolute Gasteiger partial charge is 0.203 e. The Bertz CT molecular complexity index is 895. The van der Waals surface area contributed by atoms with Gasteiger partial charge >= 0.3 is 0 Å². The van der Waals surface area contributed by atoms with Gasteiger partial charge in [0, 0.05) is 6.54 Å². The summed E-state index contributed by atoms with van der Waals surface area (Å²) in [6.07, 6.45) is -0.685. The number of aliphatic hydroxyl groups is 1. The molecule has 0 bridgehead atoms. The zero-order valence-electron chi connectivity index (χ0n) is 14.1. The van der Waals surface area contributed by atoms with Gasteiger partial charge in [-0.05, 0) is 37.6 Å². The molecule has 3 rings (SSSR count). The maximum absolute atomic E-state index is 10.4. The van der Waals surface area contributed by atoms with Crippen LogP contribution in [0.1, 0.15) is 12.5 Å². The summed E-state index contributed by atoms with van der Waals surface area (Å²) in [5.41, 5.74) is 3.41. The number of aromatic nitrogens is 2. The monoisotopic (exact) mass is 325 g/mol. The van der Waals surface area contributed by atoms with Crippen LogP contribution in [0.2, 0.25) is 0 Å². The summed E-state index contributed by atoms with van der Waals surface area (Å²) in [7, 11) is 0. The molecule has 0 amide bonds. The molecular weight excluding hydrogens is 302 g/mol. The van der Waals surface area contributed by atoms with Crippen LogP contribution in [-0.4, -0.2) is 27.0 Å². The highest BCUT2D eigenvalue weighted by molar-refractivity contribution is 5.75. The Morgan fingerprint density at radius 2 is 1.67 bits per heavy atom. The van der Waals surface area contributed by atoms with Crippen molar-refractivity contribution in [2.45, 2.75) is 33.0 Å². The number of aliphatic hydroxyl groups excluding tert-OH is 1. The second-order valence-corrected chi connectivity index (χ2v) is 5.90. The van der Waals surface area contributed by atoms with E-state index in [9.17, 15) is 5.11 Å². The number of aryl methyl sites for hydroxylation is 2. The van der Waals surface area contributed by atoms with Gasteiger partial charge in [0.2, 0.25) is 5.62 Å². The largest absolute Gasteiger partial charge is 0.491 e. The van der Waals surface area contributed by atoms with E-state index in [1.54, 1.807) is 0 Å². The van der Waals surface area contributed by atoms with E-state index in [-0.39, 0.29) is 6.61 Å². The van der Waals surface area contributed by atoms with E-state index < -0.39 is 6.10 Å². The highest BCUT2D eigenvalue weighted by Gasteiger charge is 2.14. The quantitative estimate of drug-likeness (QED) is 0.732. The Labute approximate surface area is 141 Å². The van der Waals surface area contributed by atoms with E-state index in [4.69, 9.17) is 10.1 Å². The van der Waals surface area contributed by atoms with E-state index in [0.717, 1.165) is 28.9 Å². The first-order chi connectivity index (χ1) is 11.6. The van der Waals surface area contributed by atoms with Gasteiger partial charge in [-0.15, -0.1) is 0 Å². The number of hydrogen-bond acceptors (Lipinski definition) is 3. The van der Waals surface area contributed by atoms with E-state index in [1.165, 1.54) is 0 Å². The van der Waals surface area contributed by atoms with Crippen molar-refractivity contribution in [2.24, 2.45) is 0 Å². The van der Waals surface area contributed by atoms with Crippen molar-refractivity contribution >= 4 is 11.0 Å². The molecule has 1 aromatic heterocycles. The topological polar surface area (TPSA) is 63.2 Å². The molecule has 2 N–H and O–H groups in total. The molecule has 5 nitrogen and oxygen atoms in total. The maximum Gasteiger partial charge on any atom is 0.203 e. The number of benzene rings is 2. The van der Waals surface area contributed by atoms with Crippen molar-refractivity contribution in [3.63, 3.8) is 0 Å². The van der Waals surface area contributed by atoms with Gasteiger partial charge < -0.3 is 19.0 Å². The summed E-state index contributed by atoms with van der Waals surface area (Å²) in [4.78, 5) is 0. The van der Waals surface area contributed by atoms with Crippen LogP contribution in [0.4, 0.5) is 0 Å². The number of fused-ring (bicyclic) bond motifs is 1. The Morgan fingerprint density at radius 3 is 2.33 bits per heavy atom. The van der Waals surface area contributed by atoms with Crippen molar-refractivity contribution in [3.05, 3.63) is 59.7 Å². The van der Waals surface area contributed by atoms with E-state index in [0.29, 0.717) is 12.2 Å². The van der Waals surface area contributed by atoms with Crippen LogP contribution in [0.15, 0.2) is 48.5 Å². The number of para-hydroxylation sites is 3. The lowest BCUT2D eigenvalue weighted by atomic mass is 10.2. The number of ether oxygens (including phenoxy) is 1. The van der Waals surface area contributed by atoms with Crippen LogP contribution in [0.3, 0.4) is 0 Å². The van der Waals surface area contributed by atoms with Gasteiger partial charge in [-0.3, -0.25) is 5.41 Å². The molecule has 0 saturated carbocycles. The number of nitrogens with one attached hydrogen (secondary N) is 1. The second kappa shape index (κ2) is 6.93. The molecule has 5 heteroatoms. The summed E-state index contributed by atoms with van der Waals surface area (Å²) >= 11 is 0. The minimum absolute atomic E-state index is 0.197. The molecule has 2 aromatic carbocycles. The zero-order chi connectivity index (χ0) is 17.1. The first-order valence-corrected chi connectivity index (χ1v) is 8.21. The molecular formula is C19H23N3O2. The first kappa shape index (κ1) is 16.3. The fraction of sp³-hybridized carbons (Fsp3) is 0.316. The minimum atomic E-state index is -0.685. The van der Waals surface area contributed by atoms with Crippen molar-refractivity contribution in [3.8, 4) is 5.75 Å². The number of hydrogen-bond donors (Lipinski definition) is 2. The Kier molecular flexibility index (Phi) is 4.71. The maximum atomic E-state index is 10.4. The van der Waals surface area contributed by atoms with Gasteiger partial charge in [0.15, 0.2) is 0 Å². The van der Waals surface area contributed by atoms with Gasteiger partial charge in [0.05, 0.1) is 17.6 Å². The third kappa shape index (κ3) is 3.08. The minimum Gasteiger partial charge on any atom is -0.491 e. The van der Waals surface area contributed by atoms with Crippen LogP contribution in [0.5, 0.6) is 5.75 Å².